The van der Waals surface area contributed by atoms with Crippen molar-refractivity contribution in [2.45, 2.75) is 13.3 Å². The molecule has 0 bridgehead atoms. The van der Waals surface area contributed by atoms with Crippen molar-refractivity contribution in [3.05, 3.63) is 0 Å². The molecule has 0 rings (SSSR count). The van der Waals surface area contributed by atoms with Gasteiger partial charge in [0.15, 0.2) is 0 Å². The van der Waals surface area contributed by atoms with Gasteiger partial charge in [0.1, 0.15) is 0 Å². The molecule has 46 valence electrons. The van der Waals surface area contributed by atoms with E-state index in [1.807, 2.05) is 6.92 Å². The molecule has 0 radical (unpaired) electrons. The Morgan fingerprint density at radius 3 is 1.43 bits per heavy atom. The van der Waals surface area contributed by atoms with Gasteiger partial charge in [-0.15, -0.1) is 24.8 Å². The molecule has 0 aromatic carbocycles. The minimum Gasteiger partial charge on any atom is -0.396 e. The summed E-state index contributed by atoms with van der Waals surface area (Å²) < 4.78 is 0. The van der Waals surface area contributed by atoms with Crippen LogP contribution < -0.4 is 0 Å². The van der Waals surface area contributed by atoms with E-state index in [1.165, 1.54) is 0 Å². The molecule has 0 unspecified atom stereocenters. The second kappa shape index (κ2) is 26.8. The van der Waals surface area contributed by atoms with E-state index in [0.717, 1.165) is 6.42 Å². The molecule has 0 atom stereocenters. The smallest absolute Gasteiger partial charge is 0.0428 e. The quantitative estimate of drug-likeness (QED) is 0.603. The summed E-state index contributed by atoms with van der Waals surface area (Å²) in [6.45, 7) is 2.25. The molecule has 0 aromatic heterocycles. The molecule has 0 saturated heterocycles. The molecule has 0 spiro atoms. The maximum atomic E-state index is 7.88. The Labute approximate surface area is 71.6 Å². The van der Waals surface area contributed by atoms with Crippen LogP contribution in [-0.4, -0.2) is 11.7 Å². The SMILES string of the molecule is CCCO.Cl.Cl.[Ti]. The van der Waals surface area contributed by atoms with E-state index in [-0.39, 0.29) is 46.5 Å². The molecule has 7 heavy (non-hydrogen) atoms. The summed E-state index contributed by atoms with van der Waals surface area (Å²) >= 11 is 0. The van der Waals surface area contributed by atoms with Crippen molar-refractivity contribution in [3.63, 3.8) is 0 Å². The molecule has 4 heteroatoms. The number of aliphatic hydroxyl groups is 1. The summed E-state index contributed by atoms with van der Waals surface area (Å²) in [5.74, 6) is 0. The first-order valence-corrected chi connectivity index (χ1v) is 1.52. The predicted octanol–water partition coefficient (Wildman–Crippen LogP) is 1.23. The monoisotopic (exact) mass is 180 g/mol. The van der Waals surface area contributed by atoms with Crippen LogP contribution in [0.4, 0.5) is 0 Å². The van der Waals surface area contributed by atoms with Crippen LogP contribution in [0, 0.1) is 0 Å². The van der Waals surface area contributed by atoms with E-state index in [2.05, 4.69) is 0 Å². The van der Waals surface area contributed by atoms with Crippen LogP contribution in [0.15, 0.2) is 0 Å². The van der Waals surface area contributed by atoms with Gasteiger partial charge in [0, 0.05) is 28.3 Å². The molecule has 0 aliphatic rings. The summed E-state index contributed by atoms with van der Waals surface area (Å²) in [5.41, 5.74) is 0. The summed E-state index contributed by atoms with van der Waals surface area (Å²) in [7, 11) is 0. The van der Waals surface area contributed by atoms with Crippen molar-refractivity contribution in [3.8, 4) is 0 Å². The molecule has 1 N–H and O–H groups in total. The van der Waals surface area contributed by atoms with E-state index >= 15 is 0 Å². The molecular formula is C3H10Cl2OTi. The van der Waals surface area contributed by atoms with Gasteiger partial charge in [-0.2, -0.15) is 0 Å². The minimum absolute atomic E-state index is 0. The van der Waals surface area contributed by atoms with E-state index in [1.54, 1.807) is 0 Å². The Morgan fingerprint density at radius 1 is 1.29 bits per heavy atom. The second-order valence-electron chi connectivity index (χ2n) is 0.724. The van der Waals surface area contributed by atoms with Crippen LogP contribution in [0.3, 0.4) is 0 Å². The number of hydrogen-bond acceptors (Lipinski definition) is 1. The zero-order valence-electron chi connectivity index (χ0n) is 4.18. The fraction of sp³-hybridized carbons (Fsp3) is 1.00. The van der Waals surface area contributed by atoms with Gasteiger partial charge in [0.2, 0.25) is 0 Å². The Morgan fingerprint density at radius 2 is 1.43 bits per heavy atom. The normalized spacial score (nSPS) is 4.29. The number of aliphatic hydroxyl groups excluding tert-OH is 1. The van der Waals surface area contributed by atoms with Crippen LogP contribution >= 0.6 is 24.8 Å². The molecule has 0 saturated carbocycles. The minimum atomic E-state index is 0. The van der Waals surface area contributed by atoms with Crippen molar-refractivity contribution >= 4 is 24.8 Å². The molecule has 1 nitrogen and oxygen atoms in total. The van der Waals surface area contributed by atoms with E-state index in [4.69, 9.17) is 5.11 Å². The summed E-state index contributed by atoms with van der Waals surface area (Å²) in [4.78, 5) is 0. The van der Waals surface area contributed by atoms with Crippen molar-refractivity contribution in [1.29, 1.82) is 0 Å². The van der Waals surface area contributed by atoms with Gasteiger partial charge in [0.05, 0.1) is 0 Å². The third-order valence-corrected chi connectivity index (χ3v) is 0.224. The summed E-state index contributed by atoms with van der Waals surface area (Å²) in [6.07, 6.45) is 0.875. The maximum absolute atomic E-state index is 7.88. The van der Waals surface area contributed by atoms with Crippen molar-refractivity contribution in [2.24, 2.45) is 0 Å². The van der Waals surface area contributed by atoms with Crippen LogP contribution in [-0.2, 0) is 21.7 Å². The predicted molar refractivity (Wildman–Crippen MR) is 31.9 cm³/mol. The van der Waals surface area contributed by atoms with Crippen molar-refractivity contribution in [2.75, 3.05) is 6.61 Å². The van der Waals surface area contributed by atoms with E-state index < -0.39 is 0 Å². The molecule has 0 aliphatic carbocycles. The van der Waals surface area contributed by atoms with Gasteiger partial charge in [-0.3, -0.25) is 0 Å². The average Bonchev–Trinajstić information content (AvgIpc) is 1.37. The molecule has 0 amide bonds. The van der Waals surface area contributed by atoms with Gasteiger partial charge in [0.25, 0.3) is 0 Å². The zero-order valence-corrected chi connectivity index (χ0v) is 7.37. The van der Waals surface area contributed by atoms with Gasteiger partial charge < -0.3 is 5.11 Å². The fourth-order valence-electron chi connectivity index (χ4n) is 0. The Balaban J connectivity index is -0.0000000150. The molecular weight excluding hydrogens is 171 g/mol. The van der Waals surface area contributed by atoms with Crippen LogP contribution in [0.25, 0.3) is 0 Å². The summed E-state index contributed by atoms with van der Waals surface area (Å²) in [5, 5.41) is 7.88. The molecule has 0 fully saturated rings. The van der Waals surface area contributed by atoms with E-state index in [9.17, 15) is 0 Å². The standard InChI is InChI=1S/C3H8O.2ClH.Ti/c1-2-3-4;;;/h4H,2-3H2,1H3;2*1H;. The number of hydrogen-bond donors (Lipinski definition) is 1. The Hall–Kier alpha value is 1.25. The summed E-state index contributed by atoms with van der Waals surface area (Å²) in [6, 6.07) is 0. The second-order valence-corrected chi connectivity index (χ2v) is 0.724. The maximum Gasteiger partial charge on any atom is 0.0428 e. The van der Waals surface area contributed by atoms with Crippen LogP contribution in [0.1, 0.15) is 13.3 Å². The zero-order chi connectivity index (χ0) is 3.41. The van der Waals surface area contributed by atoms with Gasteiger partial charge >= 0.3 is 0 Å². The fourth-order valence-corrected chi connectivity index (χ4v) is 0. The van der Waals surface area contributed by atoms with Crippen molar-refractivity contribution in [1.82, 2.24) is 0 Å². The Bertz CT molecular complexity index is 14.9. The molecule has 0 heterocycles. The first kappa shape index (κ1) is 24.0. The topological polar surface area (TPSA) is 20.2 Å². The first-order chi connectivity index (χ1) is 1.91. The van der Waals surface area contributed by atoms with Gasteiger partial charge in [-0.05, 0) is 6.42 Å². The van der Waals surface area contributed by atoms with E-state index in [0.29, 0.717) is 6.61 Å². The molecule has 0 aromatic rings. The first-order valence-electron chi connectivity index (χ1n) is 1.52. The third kappa shape index (κ3) is 39.4. The largest absolute Gasteiger partial charge is 0.396 e. The van der Waals surface area contributed by atoms with Crippen LogP contribution in [0.5, 0.6) is 0 Å². The number of rotatable bonds is 1. The van der Waals surface area contributed by atoms with Crippen molar-refractivity contribution < 1.29 is 26.8 Å². The van der Waals surface area contributed by atoms with Gasteiger partial charge in [-0.25, -0.2) is 0 Å². The number of halogens is 2. The average molecular weight is 181 g/mol. The van der Waals surface area contributed by atoms with Gasteiger partial charge in [-0.1, -0.05) is 6.92 Å². The molecule has 0 aliphatic heterocycles. The Kier molecular flexibility index (Phi) is 91.9. The van der Waals surface area contributed by atoms with Crippen LogP contribution in [0.2, 0.25) is 0 Å². The third-order valence-electron chi connectivity index (χ3n) is 0.224.